The average Bonchev–Trinajstić information content (AvgIpc) is 3.04. The van der Waals surface area contributed by atoms with Crippen molar-refractivity contribution in [2.75, 3.05) is 7.11 Å². The zero-order valence-corrected chi connectivity index (χ0v) is 20.0. The quantitative estimate of drug-likeness (QED) is 0.429. The van der Waals surface area contributed by atoms with Crippen molar-refractivity contribution in [2.45, 2.75) is 98.5 Å². The molecule has 164 valence electrons. The standard InChI is InChI=1S/C28H46O/c1-19(2)8-7-9-20(3)24-12-13-25-23-11-10-21-18-22(29-6)14-16-27(21,4)26(23)15-17-28(24,25)5/h7,9-10,19-20,22-26H,8,11-18H2,1-6H3/b9-7+/t20-,22+,23?,24-,25?,26?,27+,28-/m1/s1. The molecule has 0 N–H and O–H groups in total. The van der Waals surface area contributed by atoms with Crippen LogP contribution in [0.3, 0.4) is 0 Å². The van der Waals surface area contributed by atoms with Crippen LogP contribution in [0.4, 0.5) is 0 Å². The summed E-state index contributed by atoms with van der Waals surface area (Å²) in [5, 5.41) is 0. The van der Waals surface area contributed by atoms with E-state index in [-0.39, 0.29) is 0 Å². The van der Waals surface area contributed by atoms with Gasteiger partial charge in [0.15, 0.2) is 0 Å². The molecular formula is C28H46O. The summed E-state index contributed by atoms with van der Waals surface area (Å²) in [5.74, 6) is 5.20. The molecule has 0 saturated heterocycles. The summed E-state index contributed by atoms with van der Waals surface area (Å²) in [6, 6.07) is 0. The van der Waals surface area contributed by atoms with Gasteiger partial charge in [0.05, 0.1) is 6.10 Å². The zero-order chi connectivity index (χ0) is 20.8. The van der Waals surface area contributed by atoms with Gasteiger partial charge in [-0.3, -0.25) is 0 Å². The van der Waals surface area contributed by atoms with Crippen LogP contribution in [0.2, 0.25) is 0 Å². The molecule has 0 aliphatic heterocycles. The van der Waals surface area contributed by atoms with E-state index in [1.165, 1.54) is 57.8 Å². The number of ether oxygens (including phenoxy) is 1. The molecule has 0 amide bonds. The first kappa shape index (κ1) is 21.7. The maximum absolute atomic E-state index is 5.75. The Morgan fingerprint density at radius 2 is 1.86 bits per heavy atom. The molecule has 4 rings (SSSR count). The van der Waals surface area contributed by atoms with E-state index in [4.69, 9.17) is 4.74 Å². The molecule has 3 unspecified atom stereocenters. The predicted octanol–water partition coefficient (Wildman–Crippen LogP) is 7.82. The molecule has 0 aromatic heterocycles. The summed E-state index contributed by atoms with van der Waals surface area (Å²) >= 11 is 0. The average molecular weight is 399 g/mol. The molecule has 0 radical (unpaired) electrons. The van der Waals surface area contributed by atoms with Crippen LogP contribution in [-0.2, 0) is 4.74 Å². The van der Waals surface area contributed by atoms with E-state index in [2.05, 4.69) is 52.8 Å². The van der Waals surface area contributed by atoms with Gasteiger partial charge >= 0.3 is 0 Å². The van der Waals surface area contributed by atoms with Crippen LogP contribution < -0.4 is 0 Å². The number of rotatable bonds is 5. The Kier molecular flexibility index (Phi) is 6.11. The lowest BCUT2D eigenvalue weighted by Gasteiger charge is -2.58. The third-order valence-corrected chi connectivity index (χ3v) is 10.1. The first-order valence-electron chi connectivity index (χ1n) is 12.7. The second-order valence-corrected chi connectivity index (χ2v) is 12.0. The Morgan fingerprint density at radius 3 is 2.59 bits per heavy atom. The first-order valence-corrected chi connectivity index (χ1v) is 12.7. The molecule has 0 bridgehead atoms. The lowest BCUT2D eigenvalue weighted by Crippen LogP contribution is -2.50. The highest BCUT2D eigenvalue weighted by atomic mass is 16.5. The molecule has 0 spiro atoms. The minimum atomic E-state index is 0.458. The van der Waals surface area contributed by atoms with E-state index in [0.717, 1.165) is 35.5 Å². The van der Waals surface area contributed by atoms with Crippen molar-refractivity contribution in [1.82, 2.24) is 0 Å². The van der Waals surface area contributed by atoms with Crippen LogP contribution in [-0.4, -0.2) is 13.2 Å². The zero-order valence-electron chi connectivity index (χ0n) is 20.0. The van der Waals surface area contributed by atoms with Gasteiger partial charge in [-0.15, -0.1) is 0 Å². The number of hydrogen-bond acceptors (Lipinski definition) is 1. The lowest BCUT2D eigenvalue weighted by molar-refractivity contribution is -0.0572. The lowest BCUT2D eigenvalue weighted by atomic mass is 9.47. The van der Waals surface area contributed by atoms with Gasteiger partial charge in [-0.05, 0) is 104 Å². The van der Waals surface area contributed by atoms with E-state index >= 15 is 0 Å². The molecule has 29 heavy (non-hydrogen) atoms. The summed E-state index contributed by atoms with van der Waals surface area (Å²) in [5.41, 5.74) is 2.77. The van der Waals surface area contributed by atoms with Gasteiger partial charge in [0, 0.05) is 7.11 Å². The Hall–Kier alpha value is -0.560. The van der Waals surface area contributed by atoms with Crippen molar-refractivity contribution in [3.8, 4) is 0 Å². The van der Waals surface area contributed by atoms with Gasteiger partial charge in [-0.2, -0.15) is 0 Å². The van der Waals surface area contributed by atoms with E-state index in [1.807, 2.05) is 7.11 Å². The molecular weight excluding hydrogens is 352 g/mol. The van der Waals surface area contributed by atoms with Crippen LogP contribution in [0.1, 0.15) is 92.4 Å². The normalized spacial score (nSPS) is 45.6. The molecule has 3 saturated carbocycles. The third kappa shape index (κ3) is 3.68. The fourth-order valence-corrected chi connectivity index (χ4v) is 8.43. The molecule has 0 aromatic rings. The molecule has 1 nitrogen and oxygen atoms in total. The van der Waals surface area contributed by atoms with Crippen molar-refractivity contribution in [3.05, 3.63) is 23.8 Å². The first-order chi connectivity index (χ1) is 13.8. The fourth-order valence-electron chi connectivity index (χ4n) is 8.43. The van der Waals surface area contributed by atoms with E-state index in [1.54, 1.807) is 5.57 Å². The summed E-state index contributed by atoms with van der Waals surface area (Å²) in [6.07, 6.45) is 20.4. The summed E-state index contributed by atoms with van der Waals surface area (Å²) in [7, 11) is 1.90. The van der Waals surface area contributed by atoms with Gasteiger partial charge in [0.2, 0.25) is 0 Å². The Morgan fingerprint density at radius 1 is 1.07 bits per heavy atom. The summed E-state index contributed by atoms with van der Waals surface area (Å²) < 4.78 is 5.75. The highest BCUT2D eigenvalue weighted by Gasteiger charge is 2.59. The number of fused-ring (bicyclic) bond motifs is 5. The fraction of sp³-hybridized carbons (Fsp3) is 0.857. The molecule has 4 aliphatic carbocycles. The highest BCUT2D eigenvalue weighted by molar-refractivity contribution is 5.25. The van der Waals surface area contributed by atoms with Crippen LogP contribution in [0.5, 0.6) is 0 Å². The smallest absolute Gasteiger partial charge is 0.0608 e. The summed E-state index contributed by atoms with van der Waals surface area (Å²) in [4.78, 5) is 0. The van der Waals surface area contributed by atoms with Crippen molar-refractivity contribution in [3.63, 3.8) is 0 Å². The second-order valence-electron chi connectivity index (χ2n) is 12.0. The van der Waals surface area contributed by atoms with Gasteiger partial charge in [-0.1, -0.05) is 58.4 Å². The van der Waals surface area contributed by atoms with Crippen molar-refractivity contribution in [2.24, 2.45) is 46.3 Å². The molecule has 0 aromatic carbocycles. The highest BCUT2D eigenvalue weighted by Crippen LogP contribution is 2.67. The van der Waals surface area contributed by atoms with Gasteiger partial charge in [0.1, 0.15) is 0 Å². The van der Waals surface area contributed by atoms with E-state index in [9.17, 15) is 0 Å². The molecule has 8 atom stereocenters. The Labute approximate surface area is 180 Å². The minimum Gasteiger partial charge on any atom is -0.381 e. The van der Waals surface area contributed by atoms with E-state index in [0.29, 0.717) is 16.9 Å². The van der Waals surface area contributed by atoms with Crippen LogP contribution >= 0.6 is 0 Å². The van der Waals surface area contributed by atoms with Crippen molar-refractivity contribution >= 4 is 0 Å². The van der Waals surface area contributed by atoms with Crippen LogP contribution in [0.15, 0.2) is 23.8 Å². The van der Waals surface area contributed by atoms with Crippen LogP contribution in [0.25, 0.3) is 0 Å². The number of methoxy groups -OCH3 is 1. The van der Waals surface area contributed by atoms with Crippen LogP contribution in [0, 0.1) is 46.3 Å². The maximum atomic E-state index is 5.75. The molecule has 0 heterocycles. The predicted molar refractivity (Wildman–Crippen MR) is 124 cm³/mol. The number of allylic oxidation sites excluding steroid dienone is 3. The monoisotopic (exact) mass is 398 g/mol. The number of hydrogen-bond donors (Lipinski definition) is 0. The SMILES string of the molecule is CO[C@H]1CC[C@@]2(C)C(=CCC3C2CC[C@@]2(C)C3CC[C@@H]2[C@H](C)/C=C/CC(C)C)C1. The topological polar surface area (TPSA) is 9.23 Å². The Bertz CT molecular complexity index is 645. The minimum absolute atomic E-state index is 0.458. The molecule has 4 aliphatic rings. The van der Waals surface area contributed by atoms with Gasteiger partial charge in [0.25, 0.3) is 0 Å². The van der Waals surface area contributed by atoms with E-state index < -0.39 is 0 Å². The van der Waals surface area contributed by atoms with Gasteiger partial charge in [-0.25, -0.2) is 0 Å². The largest absolute Gasteiger partial charge is 0.381 e. The summed E-state index contributed by atoms with van der Waals surface area (Å²) in [6.45, 7) is 12.5. The maximum Gasteiger partial charge on any atom is 0.0608 e. The molecule has 1 heteroatoms. The third-order valence-electron chi connectivity index (χ3n) is 10.1. The van der Waals surface area contributed by atoms with Gasteiger partial charge < -0.3 is 4.74 Å². The molecule has 3 fully saturated rings. The second kappa shape index (κ2) is 8.18. The Balaban J connectivity index is 1.52. The van der Waals surface area contributed by atoms with Crippen molar-refractivity contribution in [1.29, 1.82) is 0 Å². The van der Waals surface area contributed by atoms with Crippen molar-refractivity contribution < 1.29 is 4.74 Å².